The number of nitrogens with zero attached hydrogens (tertiary/aromatic N) is 4. The highest BCUT2D eigenvalue weighted by atomic mass is 15.4. The van der Waals surface area contributed by atoms with Gasteiger partial charge in [0.25, 0.3) is 0 Å². The summed E-state index contributed by atoms with van der Waals surface area (Å²) in [6.07, 6.45) is 5.05. The molecule has 0 aromatic carbocycles. The van der Waals surface area contributed by atoms with Crippen LogP contribution in [-0.2, 0) is 0 Å². The average Bonchev–Trinajstić information content (AvgIpc) is 2.52. The Hall–Kier alpha value is -1.91. The van der Waals surface area contributed by atoms with Gasteiger partial charge in [-0.1, -0.05) is 0 Å². The lowest BCUT2D eigenvalue weighted by molar-refractivity contribution is 0.874. The molecule has 66 valence electrons. The first kappa shape index (κ1) is 7.72. The van der Waals surface area contributed by atoms with E-state index in [9.17, 15) is 0 Å². The predicted octanol–water partition coefficient (Wildman–Crippen LogP) is 0.553. The van der Waals surface area contributed by atoms with Gasteiger partial charge in [0.2, 0.25) is 5.95 Å². The predicted molar refractivity (Wildman–Crippen MR) is 48.3 cm³/mol. The van der Waals surface area contributed by atoms with E-state index in [1.165, 1.54) is 0 Å². The molecule has 0 bridgehead atoms. The van der Waals surface area contributed by atoms with Crippen molar-refractivity contribution in [1.82, 2.24) is 19.7 Å². The number of nitrogens with two attached hydrogens (primary N) is 1. The number of hydrogen-bond donors (Lipinski definition) is 1. The van der Waals surface area contributed by atoms with Crippen LogP contribution in [0.2, 0.25) is 0 Å². The Kier molecular flexibility index (Phi) is 1.70. The maximum atomic E-state index is 5.39. The molecule has 0 aliphatic heterocycles. The molecule has 0 saturated carbocycles. The lowest BCUT2D eigenvalue weighted by atomic mass is 10.3. The van der Waals surface area contributed by atoms with E-state index in [2.05, 4.69) is 15.1 Å². The molecule has 5 heteroatoms. The second-order valence-corrected chi connectivity index (χ2v) is 2.77. The number of rotatable bonds is 1. The van der Waals surface area contributed by atoms with E-state index in [-0.39, 0.29) is 5.95 Å². The van der Waals surface area contributed by atoms with Crippen LogP contribution in [0.1, 0.15) is 5.56 Å². The molecule has 0 spiro atoms. The summed E-state index contributed by atoms with van der Waals surface area (Å²) in [4.78, 5) is 7.86. The zero-order chi connectivity index (χ0) is 9.26. The van der Waals surface area contributed by atoms with Crippen LogP contribution in [0.25, 0.3) is 5.69 Å². The van der Waals surface area contributed by atoms with Crippen LogP contribution in [-0.4, -0.2) is 19.7 Å². The number of anilines is 1. The first-order valence-corrected chi connectivity index (χ1v) is 3.85. The van der Waals surface area contributed by atoms with Gasteiger partial charge in [-0.2, -0.15) is 0 Å². The van der Waals surface area contributed by atoms with Gasteiger partial charge in [-0.3, -0.25) is 4.98 Å². The van der Waals surface area contributed by atoms with E-state index in [1.807, 2.05) is 13.0 Å². The SMILES string of the molecule is Cc1cncc(-n2cnc(N)n2)c1. The van der Waals surface area contributed by atoms with E-state index >= 15 is 0 Å². The number of aryl methyl sites for hydroxylation is 1. The average molecular weight is 175 g/mol. The fourth-order valence-electron chi connectivity index (χ4n) is 1.06. The Bertz CT molecular complexity index is 420. The normalized spacial score (nSPS) is 10.2. The van der Waals surface area contributed by atoms with Crippen LogP contribution >= 0.6 is 0 Å². The summed E-state index contributed by atoms with van der Waals surface area (Å²) in [6.45, 7) is 1.97. The minimum absolute atomic E-state index is 0.265. The third kappa shape index (κ3) is 1.48. The monoisotopic (exact) mass is 175 g/mol. The van der Waals surface area contributed by atoms with Crippen molar-refractivity contribution in [2.45, 2.75) is 6.92 Å². The summed E-state index contributed by atoms with van der Waals surface area (Å²) in [7, 11) is 0. The molecule has 5 nitrogen and oxygen atoms in total. The van der Waals surface area contributed by atoms with Gasteiger partial charge in [0, 0.05) is 6.20 Å². The van der Waals surface area contributed by atoms with Crippen molar-refractivity contribution in [3.05, 3.63) is 30.4 Å². The van der Waals surface area contributed by atoms with E-state index in [0.29, 0.717) is 0 Å². The molecule has 2 aromatic rings. The van der Waals surface area contributed by atoms with Crippen molar-refractivity contribution >= 4 is 5.95 Å². The van der Waals surface area contributed by atoms with Crippen LogP contribution in [0.3, 0.4) is 0 Å². The lowest BCUT2D eigenvalue weighted by Crippen LogP contribution is -1.97. The van der Waals surface area contributed by atoms with Crippen molar-refractivity contribution < 1.29 is 0 Å². The maximum absolute atomic E-state index is 5.39. The fraction of sp³-hybridized carbons (Fsp3) is 0.125. The van der Waals surface area contributed by atoms with Crippen LogP contribution in [0.5, 0.6) is 0 Å². The fourth-order valence-corrected chi connectivity index (χ4v) is 1.06. The molecular weight excluding hydrogens is 166 g/mol. The Morgan fingerprint density at radius 3 is 2.85 bits per heavy atom. The van der Waals surface area contributed by atoms with Crippen molar-refractivity contribution in [1.29, 1.82) is 0 Å². The van der Waals surface area contributed by atoms with Crippen molar-refractivity contribution in [3.8, 4) is 5.69 Å². The third-order valence-electron chi connectivity index (χ3n) is 1.63. The maximum Gasteiger partial charge on any atom is 0.239 e. The molecule has 0 unspecified atom stereocenters. The molecule has 0 fully saturated rings. The number of nitrogen functional groups attached to an aromatic ring is 1. The van der Waals surface area contributed by atoms with Crippen molar-refractivity contribution in [3.63, 3.8) is 0 Å². The summed E-state index contributed by atoms with van der Waals surface area (Å²) < 4.78 is 1.59. The minimum Gasteiger partial charge on any atom is -0.366 e. The molecule has 2 aromatic heterocycles. The van der Waals surface area contributed by atoms with Gasteiger partial charge in [-0.15, -0.1) is 5.10 Å². The molecule has 0 amide bonds. The van der Waals surface area contributed by atoms with Gasteiger partial charge in [0.05, 0.1) is 11.9 Å². The minimum atomic E-state index is 0.265. The van der Waals surface area contributed by atoms with Crippen molar-refractivity contribution in [2.75, 3.05) is 5.73 Å². The molecule has 0 aliphatic rings. The Morgan fingerprint density at radius 1 is 1.38 bits per heavy atom. The number of pyridine rings is 1. The smallest absolute Gasteiger partial charge is 0.239 e. The molecule has 0 saturated heterocycles. The zero-order valence-electron chi connectivity index (χ0n) is 7.18. The molecule has 2 rings (SSSR count). The molecular formula is C8H9N5. The standard InChI is InChI=1S/C8H9N5/c1-6-2-7(4-10-3-6)13-5-11-8(9)12-13/h2-5H,1H3,(H2,9,12). The van der Waals surface area contributed by atoms with Crippen LogP contribution in [0.4, 0.5) is 5.95 Å². The van der Waals surface area contributed by atoms with Crippen molar-refractivity contribution in [2.24, 2.45) is 0 Å². The van der Waals surface area contributed by atoms with Gasteiger partial charge < -0.3 is 5.73 Å². The van der Waals surface area contributed by atoms with Gasteiger partial charge >= 0.3 is 0 Å². The topological polar surface area (TPSA) is 69.6 Å². The highest BCUT2D eigenvalue weighted by Crippen LogP contribution is 2.06. The quantitative estimate of drug-likeness (QED) is 0.687. The van der Waals surface area contributed by atoms with Crippen LogP contribution in [0, 0.1) is 6.92 Å². The second kappa shape index (κ2) is 2.85. The molecule has 0 radical (unpaired) electrons. The van der Waals surface area contributed by atoms with Gasteiger partial charge in [-0.25, -0.2) is 9.67 Å². The molecule has 0 atom stereocenters. The first-order valence-electron chi connectivity index (χ1n) is 3.85. The lowest BCUT2D eigenvalue weighted by Gasteiger charge is -1.99. The van der Waals surface area contributed by atoms with E-state index in [4.69, 9.17) is 5.73 Å². The molecule has 13 heavy (non-hydrogen) atoms. The summed E-state index contributed by atoms with van der Waals surface area (Å²) in [5, 5.41) is 3.97. The Balaban J connectivity index is 2.46. The van der Waals surface area contributed by atoms with Crippen LogP contribution < -0.4 is 5.73 Å². The van der Waals surface area contributed by atoms with Crippen LogP contribution in [0.15, 0.2) is 24.8 Å². The Morgan fingerprint density at radius 2 is 2.23 bits per heavy atom. The number of aromatic nitrogens is 4. The first-order chi connectivity index (χ1) is 6.25. The zero-order valence-corrected chi connectivity index (χ0v) is 7.18. The highest BCUT2D eigenvalue weighted by Gasteiger charge is 1.99. The van der Waals surface area contributed by atoms with Gasteiger partial charge in [0.1, 0.15) is 6.33 Å². The van der Waals surface area contributed by atoms with Gasteiger partial charge in [0.15, 0.2) is 0 Å². The van der Waals surface area contributed by atoms with E-state index < -0.39 is 0 Å². The third-order valence-corrected chi connectivity index (χ3v) is 1.63. The largest absolute Gasteiger partial charge is 0.366 e. The summed E-state index contributed by atoms with van der Waals surface area (Å²) in [6, 6.07) is 1.96. The summed E-state index contributed by atoms with van der Waals surface area (Å²) in [5.74, 6) is 0.265. The highest BCUT2D eigenvalue weighted by molar-refractivity contribution is 5.31. The van der Waals surface area contributed by atoms with E-state index in [1.54, 1.807) is 23.4 Å². The summed E-state index contributed by atoms with van der Waals surface area (Å²) >= 11 is 0. The van der Waals surface area contributed by atoms with E-state index in [0.717, 1.165) is 11.3 Å². The second-order valence-electron chi connectivity index (χ2n) is 2.77. The Labute approximate surface area is 75.2 Å². The molecule has 0 aliphatic carbocycles. The molecule has 2 N–H and O–H groups in total. The van der Waals surface area contributed by atoms with Gasteiger partial charge in [-0.05, 0) is 18.6 Å². The number of hydrogen-bond acceptors (Lipinski definition) is 4. The summed E-state index contributed by atoms with van der Waals surface area (Å²) in [5.41, 5.74) is 7.33. The molecule has 2 heterocycles.